The van der Waals surface area contributed by atoms with Crippen molar-refractivity contribution >= 4 is 11.0 Å². The van der Waals surface area contributed by atoms with Crippen molar-refractivity contribution in [3.63, 3.8) is 0 Å². The van der Waals surface area contributed by atoms with Crippen LogP contribution < -0.4 is 10.5 Å². The van der Waals surface area contributed by atoms with Crippen LogP contribution in [0.2, 0.25) is 0 Å². The van der Waals surface area contributed by atoms with E-state index in [2.05, 4.69) is 16.5 Å². The molecule has 4 heteroatoms. The van der Waals surface area contributed by atoms with Crippen LogP contribution in [0.15, 0.2) is 18.2 Å². The van der Waals surface area contributed by atoms with Crippen molar-refractivity contribution < 1.29 is 4.74 Å². The lowest BCUT2D eigenvalue weighted by Crippen LogP contribution is -2.14. The lowest BCUT2D eigenvalue weighted by Gasteiger charge is -2.09. The first-order valence-electron chi connectivity index (χ1n) is 5.93. The normalized spacial score (nSPS) is 12.9. The van der Waals surface area contributed by atoms with E-state index in [0.29, 0.717) is 0 Å². The number of nitrogens with zero attached hydrogens (tertiary/aromatic N) is 2. The SMILES string of the molecule is CCCC(N)c1nc2cc(OC)ccc2n1C. The Morgan fingerprint density at radius 2 is 2.24 bits per heavy atom. The second-order valence-electron chi connectivity index (χ2n) is 4.28. The molecule has 1 atom stereocenters. The molecule has 0 bridgehead atoms. The summed E-state index contributed by atoms with van der Waals surface area (Å²) in [5.41, 5.74) is 8.15. The van der Waals surface area contributed by atoms with Crippen LogP contribution in [0.3, 0.4) is 0 Å². The second kappa shape index (κ2) is 4.75. The fourth-order valence-corrected chi connectivity index (χ4v) is 2.10. The first-order valence-corrected chi connectivity index (χ1v) is 5.93. The number of aryl methyl sites for hydroxylation is 1. The van der Waals surface area contributed by atoms with Gasteiger partial charge in [-0.25, -0.2) is 4.98 Å². The first kappa shape index (κ1) is 11.9. The van der Waals surface area contributed by atoms with E-state index in [9.17, 15) is 0 Å². The summed E-state index contributed by atoms with van der Waals surface area (Å²) in [6, 6.07) is 5.91. The molecule has 0 spiro atoms. The molecule has 1 heterocycles. The van der Waals surface area contributed by atoms with E-state index in [0.717, 1.165) is 35.4 Å². The number of methoxy groups -OCH3 is 1. The Balaban J connectivity index is 2.48. The van der Waals surface area contributed by atoms with Gasteiger partial charge in [0.25, 0.3) is 0 Å². The molecule has 0 fully saturated rings. The van der Waals surface area contributed by atoms with Crippen LogP contribution in [0, 0.1) is 0 Å². The Bertz CT molecular complexity index is 519. The van der Waals surface area contributed by atoms with Crippen LogP contribution in [0.1, 0.15) is 31.6 Å². The molecule has 1 aromatic heterocycles. The molecule has 4 nitrogen and oxygen atoms in total. The maximum Gasteiger partial charge on any atom is 0.126 e. The Kier molecular flexibility index (Phi) is 3.33. The van der Waals surface area contributed by atoms with Gasteiger partial charge >= 0.3 is 0 Å². The maximum atomic E-state index is 6.13. The van der Waals surface area contributed by atoms with E-state index in [1.165, 1.54) is 0 Å². The highest BCUT2D eigenvalue weighted by Crippen LogP contribution is 2.24. The molecule has 17 heavy (non-hydrogen) atoms. The van der Waals surface area contributed by atoms with Gasteiger partial charge in [-0.2, -0.15) is 0 Å². The molecule has 2 rings (SSSR count). The van der Waals surface area contributed by atoms with Crippen LogP contribution in [0.4, 0.5) is 0 Å². The van der Waals surface area contributed by atoms with E-state index >= 15 is 0 Å². The quantitative estimate of drug-likeness (QED) is 0.882. The Labute approximate surface area is 101 Å². The van der Waals surface area contributed by atoms with Gasteiger partial charge in [0.1, 0.15) is 11.6 Å². The summed E-state index contributed by atoms with van der Waals surface area (Å²) < 4.78 is 7.26. The summed E-state index contributed by atoms with van der Waals surface area (Å²) in [5, 5.41) is 0. The van der Waals surface area contributed by atoms with Gasteiger partial charge in [-0.15, -0.1) is 0 Å². The number of aromatic nitrogens is 2. The Hall–Kier alpha value is -1.55. The predicted octanol–water partition coefficient (Wildman–Crippen LogP) is 2.38. The minimum Gasteiger partial charge on any atom is -0.497 e. The van der Waals surface area contributed by atoms with Gasteiger partial charge in [0.2, 0.25) is 0 Å². The van der Waals surface area contributed by atoms with Gasteiger partial charge in [-0.05, 0) is 18.6 Å². The third kappa shape index (κ3) is 2.13. The minimum absolute atomic E-state index is 0.00314. The van der Waals surface area contributed by atoms with Crippen LogP contribution in [0.5, 0.6) is 5.75 Å². The van der Waals surface area contributed by atoms with Crippen molar-refractivity contribution in [2.24, 2.45) is 12.8 Å². The van der Waals surface area contributed by atoms with Crippen molar-refractivity contribution in [2.45, 2.75) is 25.8 Å². The smallest absolute Gasteiger partial charge is 0.126 e. The number of imidazole rings is 1. The molecule has 0 amide bonds. The number of hydrogen-bond donors (Lipinski definition) is 1. The first-order chi connectivity index (χ1) is 8.17. The van der Waals surface area contributed by atoms with Crippen LogP contribution in [0.25, 0.3) is 11.0 Å². The zero-order valence-corrected chi connectivity index (χ0v) is 10.6. The summed E-state index contributed by atoms with van der Waals surface area (Å²) in [6.07, 6.45) is 2.02. The Morgan fingerprint density at radius 1 is 1.47 bits per heavy atom. The number of hydrogen-bond acceptors (Lipinski definition) is 3. The minimum atomic E-state index is 0.00314. The molecule has 0 aliphatic heterocycles. The molecule has 2 aromatic rings. The van der Waals surface area contributed by atoms with Gasteiger partial charge in [0.05, 0.1) is 24.2 Å². The summed E-state index contributed by atoms with van der Waals surface area (Å²) in [6.45, 7) is 2.13. The molecule has 0 aliphatic carbocycles. The van der Waals surface area contributed by atoms with Gasteiger partial charge < -0.3 is 15.0 Å². The van der Waals surface area contributed by atoms with Crippen molar-refractivity contribution in [2.75, 3.05) is 7.11 Å². The zero-order chi connectivity index (χ0) is 12.4. The number of benzene rings is 1. The lowest BCUT2D eigenvalue weighted by atomic mass is 10.2. The highest BCUT2D eigenvalue weighted by atomic mass is 16.5. The van der Waals surface area contributed by atoms with Crippen molar-refractivity contribution in [3.05, 3.63) is 24.0 Å². The molecule has 0 saturated carbocycles. The number of nitrogens with two attached hydrogens (primary N) is 1. The fourth-order valence-electron chi connectivity index (χ4n) is 2.10. The Morgan fingerprint density at radius 3 is 2.88 bits per heavy atom. The number of rotatable bonds is 4. The molecular formula is C13H19N3O. The summed E-state index contributed by atoms with van der Waals surface area (Å²) in [4.78, 5) is 4.60. The number of fused-ring (bicyclic) bond motifs is 1. The van der Waals surface area contributed by atoms with Gasteiger partial charge in [-0.1, -0.05) is 13.3 Å². The van der Waals surface area contributed by atoms with Crippen LogP contribution in [-0.4, -0.2) is 16.7 Å². The zero-order valence-electron chi connectivity index (χ0n) is 10.6. The summed E-state index contributed by atoms with van der Waals surface area (Å²) in [5.74, 6) is 1.77. The van der Waals surface area contributed by atoms with Gasteiger partial charge in [0, 0.05) is 13.1 Å². The maximum absolute atomic E-state index is 6.13. The van der Waals surface area contributed by atoms with E-state index in [1.54, 1.807) is 7.11 Å². The number of ether oxygens (including phenoxy) is 1. The lowest BCUT2D eigenvalue weighted by molar-refractivity contribution is 0.415. The summed E-state index contributed by atoms with van der Waals surface area (Å²) >= 11 is 0. The third-order valence-electron chi connectivity index (χ3n) is 3.05. The molecule has 0 saturated heterocycles. The average Bonchev–Trinajstić information content (AvgIpc) is 2.66. The van der Waals surface area contributed by atoms with Crippen LogP contribution in [-0.2, 0) is 7.05 Å². The average molecular weight is 233 g/mol. The highest BCUT2D eigenvalue weighted by molar-refractivity contribution is 5.77. The summed E-state index contributed by atoms with van der Waals surface area (Å²) in [7, 11) is 3.67. The van der Waals surface area contributed by atoms with E-state index < -0.39 is 0 Å². The molecule has 0 aliphatic rings. The van der Waals surface area contributed by atoms with Gasteiger partial charge in [0.15, 0.2) is 0 Å². The van der Waals surface area contributed by atoms with E-state index in [1.807, 2.05) is 25.2 Å². The molecule has 1 aromatic carbocycles. The fraction of sp³-hybridized carbons (Fsp3) is 0.462. The molecular weight excluding hydrogens is 214 g/mol. The van der Waals surface area contributed by atoms with Crippen molar-refractivity contribution in [3.8, 4) is 5.75 Å². The second-order valence-corrected chi connectivity index (χ2v) is 4.28. The monoisotopic (exact) mass is 233 g/mol. The van der Waals surface area contributed by atoms with Crippen LogP contribution >= 0.6 is 0 Å². The van der Waals surface area contributed by atoms with E-state index in [-0.39, 0.29) is 6.04 Å². The van der Waals surface area contributed by atoms with Crippen molar-refractivity contribution in [1.82, 2.24) is 9.55 Å². The molecule has 92 valence electrons. The van der Waals surface area contributed by atoms with E-state index in [4.69, 9.17) is 10.5 Å². The van der Waals surface area contributed by atoms with Crippen molar-refractivity contribution in [1.29, 1.82) is 0 Å². The predicted molar refractivity (Wildman–Crippen MR) is 69.1 cm³/mol. The third-order valence-corrected chi connectivity index (χ3v) is 3.05. The topological polar surface area (TPSA) is 53.1 Å². The molecule has 1 unspecified atom stereocenters. The largest absolute Gasteiger partial charge is 0.497 e. The molecule has 2 N–H and O–H groups in total. The highest BCUT2D eigenvalue weighted by Gasteiger charge is 2.14. The standard InChI is InChI=1S/C13H19N3O/c1-4-5-10(14)13-15-11-8-9(17-3)6-7-12(11)16(13)2/h6-8,10H,4-5,14H2,1-3H3. The molecule has 0 radical (unpaired) electrons. The van der Waals surface area contributed by atoms with Gasteiger partial charge in [-0.3, -0.25) is 0 Å².